The van der Waals surface area contributed by atoms with Crippen LogP contribution in [0, 0.1) is 41.7 Å². The second kappa shape index (κ2) is 17.1. The predicted molar refractivity (Wildman–Crippen MR) is 137 cm³/mol. The summed E-state index contributed by atoms with van der Waals surface area (Å²) in [5, 5.41) is 9.00. The summed E-state index contributed by atoms with van der Waals surface area (Å²) < 4.78 is 25.0. The van der Waals surface area contributed by atoms with E-state index in [2.05, 4.69) is 25.3 Å². The first kappa shape index (κ1) is 30.6. The van der Waals surface area contributed by atoms with Gasteiger partial charge in [-0.25, -0.2) is 8.78 Å². The Morgan fingerprint density at radius 3 is 2.33 bits per heavy atom. The third-order valence-corrected chi connectivity index (χ3v) is 5.91. The number of nitrogens with zero attached hydrogens (tertiary/aromatic N) is 2. The molecule has 182 valence electrons. The second-order valence-electron chi connectivity index (χ2n) is 7.80. The van der Waals surface area contributed by atoms with Crippen molar-refractivity contribution in [3.05, 3.63) is 82.5 Å². The summed E-state index contributed by atoms with van der Waals surface area (Å²) in [5.41, 5.74) is 2.04. The summed E-state index contributed by atoms with van der Waals surface area (Å²) in [7, 11) is 0. The predicted octanol–water partition coefficient (Wildman–Crippen LogP) is 8.57. The van der Waals surface area contributed by atoms with Crippen LogP contribution in [-0.4, -0.2) is 18.0 Å². The van der Waals surface area contributed by atoms with E-state index in [1.807, 2.05) is 39.1 Å². The van der Waals surface area contributed by atoms with E-state index in [0.717, 1.165) is 29.5 Å². The molecule has 2 unspecified atom stereocenters. The Bertz CT molecular complexity index is 868. The zero-order valence-corrected chi connectivity index (χ0v) is 21.7. The van der Waals surface area contributed by atoms with E-state index in [0.29, 0.717) is 22.6 Å². The number of likely N-dealkylation sites (tertiary alicyclic amines) is 1. The lowest BCUT2D eigenvalue weighted by Crippen LogP contribution is -2.16. The van der Waals surface area contributed by atoms with Gasteiger partial charge in [0.2, 0.25) is 0 Å². The number of hydrogen-bond acceptors (Lipinski definition) is 2. The number of hydrogen-bond donors (Lipinski definition) is 0. The number of rotatable bonds is 4. The third-order valence-electron chi connectivity index (χ3n) is 5.60. The molecule has 1 aliphatic rings. The Kier molecular flexibility index (Phi) is 15.9. The minimum Gasteiger partial charge on any atom is -0.378 e. The van der Waals surface area contributed by atoms with Crippen molar-refractivity contribution in [2.24, 2.45) is 11.8 Å². The Morgan fingerprint density at radius 1 is 1.21 bits per heavy atom. The average Bonchev–Trinajstić information content (AvgIpc) is 3.32. The van der Waals surface area contributed by atoms with Crippen LogP contribution in [0.2, 0.25) is 5.02 Å². The Hall–Kier alpha value is -2.38. The summed E-state index contributed by atoms with van der Waals surface area (Å²) in [6.45, 7) is 18.6. The summed E-state index contributed by atoms with van der Waals surface area (Å²) in [4.78, 5) is 2.33. The van der Waals surface area contributed by atoms with Gasteiger partial charge in [0.05, 0.1) is 10.6 Å². The molecule has 5 heteroatoms. The van der Waals surface area contributed by atoms with Crippen LogP contribution in [0.15, 0.2) is 49.2 Å². The molecule has 33 heavy (non-hydrogen) atoms. The molecular weight excluding hydrogens is 438 g/mol. The third kappa shape index (κ3) is 11.3. The van der Waals surface area contributed by atoms with Crippen LogP contribution in [0.5, 0.6) is 0 Å². The molecule has 2 aromatic rings. The van der Waals surface area contributed by atoms with E-state index < -0.39 is 0 Å². The standard InChI is InChI=1S/C10H19N.C8H6ClN.C8H8F2.C2H6/c1-4-9(3)10-6-7-11(5-2)8-10;1-6-2-3-7(5-10)8(9)4-6;1-2-6-5-7(9)3-4-8(6)10;1-2/h5,9-10H,2,4,6-8H2,1,3H3;2-4H,1H3;3-5H,2H2,1H3;1-2H3. The molecule has 0 aliphatic carbocycles. The molecule has 0 bridgehead atoms. The Labute approximate surface area is 204 Å². The zero-order valence-electron chi connectivity index (χ0n) is 21.0. The summed E-state index contributed by atoms with van der Waals surface area (Å²) in [5.74, 6) is 1.10. The van der Waals surface area contributed by atoms with Gasteiger partial charge in [0.1, 0.15) is 17.7 Å². The highest BCUT2D eigenvalue weighted by Crippen LogP contribution is 2.25. The number of benzene rings is 2. The fraction of sp³-hybridized carbons (Fsp3) is 0.464. The molecule has 3 rings (SSSR count). The molecule has 0 spiro atoms. The number of aryl methyl sites for hydroxylation is 2. The van der Waals surface area contributed by atoms with Gasteiger partial charge in [0, 0.05) is 13.1 Å². The van der Waals surface area contributed by atoms with Crippen molar-refractivity contribution in [1.29, 1.82) is 5.26 Å². The van der Waals surface area contributed by atoms with Crippen molar-refractivity contribution in [2.75, 3.05) is 13.1 Å². The topological polar surface area (TPSA) is 27.0 Å². The minimum atomic E-state index is -0.377. The van der Waals surface area contributed by atoms with Gasteiger partial charge in [0.15, 0.2) is 0 Å². The molecule has 2 atom stereocenters. The van der Waals surface area contributed by atoms with Gasteiger partial charge in [-0.1, -0.05) is 65.3 Å². The molecule has 1 aliphatic heterocycles. The van der Waals surface area contributed by atoms with Gasteiger partial charge < -0.3 is 4.90 Å². The average molecular weight is 477 g/mol. The Balaban J connectivity index is 0.000000449. The summed E-state index contributed by atoms with van der Waals surface area (Å²) >= 11 is 5.71. The molecule has 0 saturated carbocycles. The quantitative estimate of drug-likeness (QED) is 0.441. The molecule has 1 heterocycles. The van der Waals surface area contributed by atoms with E-state index >= 15 is 0 Å². The van der Waals surface area contributed by atoms with Crippen molar-refractivity contribution in [3.63, 3.8) is 0 Å². The maximum Gasteiger partial charge on any atom is 0.126 e. The van der Waals surface area contributed by atoms with Crippen molar-refractivity contribution >= 4 is 11.6 Å². The van der Waals surface area contributed by atoms with Gasteiger partial charge in [-0.3, -0.25) is 0 Å². The van der Waals surface area contributed by atoms with Gasteiger partial charge in [0.25, 0.3) is 0 Å². The van der Waals surface area contributed by atoms with Gasteiger partial charge in [-0.2, -0.15) is 5.26 Å². The first-order valence-corrected chi connectivity index (χ1v) is 12.1. The largest absolute Gasteiger partial charge is 0.378 e. The van der Waals surface area contributed by atoms with Crippen LogP contribution in [0.1, 0.15) is 64.2 Å². The first-order chi connectivity index (χ1) is 15.7. The van der Waals surface area contributed by atoms with E-state index in [1.165, 1.54) is 32.0 Å². The molecule has 2 aromatic carbocycles. The molecule has 1 saturated heterocycles. The first-order valence-electron chi connectivity index (χ1n) is 11.7. The molecule has 0 N–H and O–H groups in total. The smallest absolute Gasteiger partial charge is 0.126 e. The highest BCUT2D eigenvalue weighted by molar-refractivity contribution is 6.31. The number of halogens is 3. The fourth-order valence-electron chi connectivity index (χ4n) is 3.30. The minimum absolute atomic E-state index is 0.330. The summed E-state index contributed by atoms with van der Waals surface area (Å²) in [6, 6.07) is 10.8. The van der Waals surface area contributed by atoms with E-state index in [9.17, 15) is 8.78 Å². The van der Waals surface area contributed by atoms with Crippen molar-refractivity contribution in [1.82, 2.24) is 4.90 Å². The molecule has 1 fully saturated rings. The lowest BCUT2D eigenvalue weighted by atomic mass is 9.91. The fourth-order valence-corrected chi connectivity index (χ4v) is 3.58. The van der Waals surface area contributed by atoms with Gasteiger partial charge >= 0.3 is 0 Å². The van der Waals surface area contributed by atoms with Gasteiger partial charge in [-0.15, -0.1) is 0 Å². The molecule has 0 amide bonds. The van der Waals surface area contributed by atoms with Gasteiger partial charge in [-0.05, 0) is 79.3 Å². The second-order valence-corrected chi connectivity index (χ2v) is 8.20. The highest BCUT2D eigenvalue weighted by Gasteiger charge is 2.23. The van der Waals surface area contributed by atoms with Crippen LogP contribution in [0.25, 0.3) is 0 Å². The normalized spacial score (nSPS) is 14.9. The van der Waals surface area contributed by atoms with E-state index in [-0.39, 0.29) is 11.6 Å². The van der Waals surface area contributed by atoms with Crippen LogP contribution in [0.4, 0.5) is 8.78 Å². The van der Waals surface area contributed by atoms with Crippen LogP contribution < -0.4 is 0 Å². The van der Waals surface area contributed by atoms with Crippen molar-refractivity contribution in [3.8, 4) is 6.07 Å². The van der Waals surface area contributed by atoms with Crippen molar-refractivity contribution in [2.45, 2.75) is 60.8 Å². The maximum absolute atomic E-state index is 12.6. The zero-order chi connectivity index (χ0) is 25.4. The molecule has 2 nitrogen and oxygen atoms in total. The Morgan fingerprint density at radius 2 is 1.88 bits per heavy atom. The maximum atomic E-state index is 12.6. The summed E-state index contributed by atoms with van der Waals surface area (Å²) in [6.07, 6.45) is 5.18. The molecule has 0 radical (unpaired) electrons. The van der Waals surface area contributed by atoms with Crippen LogP contribution in [-0.2, 0) is 6.42 Å². The lowest BCUT2D eigenvalue weighted by Gasteiger charge is -2.17. The lowest BCUT2D eigenvalue weighted by molar-refractivity contribution is 0.345. The van der Waals surface area contributed by atoms with Crippen LogP contribution in [0.3, 0.4) is 0 Å². The molecule has 0 aromatic heterocycles. The SMILES string of the molecule is C=CN1CCC(C(C)CC)C1.CC.CCc1cc(F)ccc1F.Cc1ccc(C#N)c(Cl)c1. The van der Waals surface area contributed by atoms with E-state index in [4.69, 9.17) is 16.9 Å². The number of nitriles is 1. The highest BCUT2D eigenvalue weighted by atomic mass is 35.5. The monoisotopic (exact) mass is 476 g/mol. The van der Waals surface area contributed by atoms with Crippen molar-refractivity contribution < 1.29 is 8.78 Å². The van der Waals surface area contributed by atoms with E-state index in [1.54, 1.807) is 19.1 Å². The van der Waals surface area contributed by atoms with Crippen LogP contribution >= 0.6 is 11.6 Å². The molecular formula is C28H39ClF2N2.